The number of hydrogen-bond acceptors (Lipinski definition) is 5. The molecule has 22 heavy (non-hydrogen) atoms. The maximum Gasteiger partial charge on any atom is 0.224 e. The van der Waals surface area contributed by atoms with Gasteiger partial charge in [0.05, 0.1) is 10.4 Å². The summed E-state index contributed by atoms with van der Waals surface area (Å²) in [6.07, 6.45) is 1.17. The number of anilines is 2. The highest BCUT2D eigenvalue weighted by molar-refractivity contribution is 7.90. The van der Waals surface area contributed by atoms with Gasteiger partial charge in [-0.25, -0.2) is 13.4 Å². The Morgan fingerprint density at radius 3 is 2.59 bits per heavy atom. The van der Waals surface area contributed by atoms with E-state index in [4.69, 9.17) is 11.6 Å². The summed E-state index contributed by atoms with van der Waals surface area (Å²) >= 11 is 5.94. The Kier molecular flexibility index (Phi) is 3.72. The van der Waals surface area contributed by atoms with Crippen LogP contribution in [-0.4, -0.2) is 24.6 Å². The SMILES string of the molecule is CS(=O)(=O)c1cccc(Nc2nc(Cl)nc3ccccc23)c1. The Balaban J connectivity index is 2.07. The normalized spacial score (nSPS) is 11.5. The molecule has 3 rings (SSSR count). The number of benzene rings is 2. The maximum absolute atomic E-state index is 11.6. The number of aromatic nitrogens is 2. The van der Waals surface area contributed by atoms with E-state index in [2.05, 4.69) is 15.3 Å². The molecule has 7 heteroatoms. The van der Waals surface area contributed by atoms with E-state index in [1.807, 2.05) is 24.3 Å². The number of hydrogen-bond donors (Lipinski definition) is 1. The first-order valence-corrected chi connectivity index (χ1v) is 8.70. The lowest BCUT2D eigenvalue weighted by Gasteiger charge is -2.10. The smallest absolute Gasteiger partial charge is 0.224 e. The van der Waals surface area contributed by atoms with E-state index in [9.17, 15) is 8.42 Å². The van der Waals surface area contributed by atoms with Crippen molar-refractivity contribution in [1.82, 2.24) is 9.97 Å². The van der Waals surface area contributed by atoms with Crippen LogP contribution in [0.2, 0.25) is 5.28 Å². The predicted octanol–water partition coefficient (Wildman–Crippen LogP) is 3.43. The molecule has 2 aromatic carbocycles. The molecule has 1 N–H and O–H groups in total. The molecule has 1 aromatic heterocycles. The summed E-state index contributed by atoms with van der Waals surface area (Å²) < 4.78 is 23.3. The molecule has 0 radical (unpaired) electrons. The second-order valence-corrected chi connectivity index (χ2v) is 7.14. The molecule has 112 valence electrons. The summed E-state index contributed by atoms with van der Waals surface area (Å²) in [5.41, 5.74) is 1.33. The highest BCUT2D eigenvalue weighted by Gasteiger charge is 2.10. The van der Waals surface area contributed by atoms with E-state index >= 15 is 0 Å². The van der Waals surface area contributed by atoms with Gasteiger partial charge >= 0.3 is 0 Å². The standard InChI is InChI=1S/C15H12ClN3O2S/c1-22(20,21)11-6-4-5-10(9-11)17-14-12-7-2-3-8-13(12)18-15(16)19-14/h2-9H,1H3,(H,17,18,19). The number of nitrogens with one attached hydrogen (secondary N) is 1. The average molecular weight is 334 g/mol. The topological polar surface area (TPSA) is 72.0 Å². The van der Waals surface area contributed by atoms with Crippen LogP contribution in [-0.2, 0) is 9.84 Å². The second-order valence-electron chi connectivity index (χ2n) is 4.78. The molecule has 0 fully saturated rings. The second kappa shape index (κ2) is 5.55. The van der Waals surface area contributed by atoms with Gasteiger partial charge in [-0.15, -0.1) is 0 Å². The number of sulfone groups is 1. The number of para-hydroxylation sites is 1. The molecular weight excluding hydrogens is 322 g/mol. The third-order valence-electron chi connectivity index (χ3n) is 3.10. The largest absolute Gasteiger partial charge is 0.340 e. The molecule has 3 aromatic rings. The maximum atomic E-state index is 11.6. The van der Waals surface area contributed by atoms with E-state index in [-0.39, 0.29) is 10.2 Å². The Bertz CT molecular complexity index is 958. The molecule has 0 unspecified atom stereocenters. The third-order valence-corrected chi connectivity index (χ3v) is 4.38. The van der Waals surface area contributed by atoms with Crippen LogP contribution in [0.25, 0.3) is 10.9 Å². The minimum atomic E-state index is -3.27. The van der Waals surface area contributed by atoms with Gasteiger partial charge in [-0.1, -0.05) is 18.2 Å². The molecule has 5 nitrogen and oxygen atoms in total. The van der Waals surface area contributed by atoms with Crippen molar-refractivity contribution in [1.29, 1.82) is 0 Å². The Morgan fingerprint density at radius 1 is 1.05 bits per heavy atom. The molecule has 1 heterocycles. The van der Waals surface area contributed by atoms with Crippen molar-refractivity contribution in [3.63, 3.8) is 0 Å². The van der Waals surface area contributed by atoms with E-state index in [1.165, 1.54) is 6.26 Å². The van der Waals surface area contributed by atoms with Gasteiger partial charge in [0.25, 0.3) is 0 Å². The highest BCUT2D eigenvalue weighted by atomic mass is 35.5. The summed E-state index contributed by atoms with van der Waals surface area (Å²) in [4.78, 5) is 8.57. The molecule has 0 saturated carbocycles. The van der Waals surface area contributed by atoms with Crippen molar-refractivity contribution in [2.45, 2.75) is 4.90 Å². The van der Waals surface area contributed by atoms with Gasteiger partial charge in [-0.3, -0.25) is 0 Å². The zero-order valence-corrected chi connectivity index (χ0v) is 13.2. The average Bonchev–Trinajstić information content (AvgIpc) is 2.46. The summed E-state index contributed by atoms with van der Waals surface area (Å²) in [5.74, 6) is 0.529. The number of halogens is 1. The van der Waals surface area contributed by atoms with Crippen LogP contribution in [0, 0.1) is 0 Å². The van der Waals surface area contributed by atoms with Crippen LogP contribution in [0.15, 0.2) is 53.4 Å². The van der Waals surface area contributed by atoms with Gasteiger partial charge in [0.2, 0.25) is 5.28 Å². The molecule has 0 aliphatic heterocycles. The van der Waals surface area contributed by atoms with Crippen molar-refractivity contribution in [3.05, 3.63) is 53.8 Å². The fraction of sp³-hybridized carbons (Fsp3) is 0.0667. The lowest BCUT2D eigenvalue weighted by atomic mass is 10.2. The zero-order chi connectivity index (χ0) is 15.7. The number of rotatable bonds is 3. The van der Waals surface area contributed by atoms with Gasteiger partial charge in [-0.2, -0.15) is 4.98 Å². The fourth-order valence-electron chi connectivity index (χ4n) is 2.08. The minimum absolute atomic E-state index is 0.125. The first-order chi connectivity index (χ1) is 10.4. The van der Waals surface area contributed by atoms with Crippen molar-refractivity contribution in [2.75, 3.05) is 11.6 Å². The first kappa shape index (κ1) is 14.7. The quantitative estimate of drug-likeness (QED) is 0.743. The van der Waals surface area contributed by atoms with Gasteiger partial charge in [0, 0.05) is 17.3 Å². The molecular formula is C15H12ClN3O2S. The molecule has 0 atom stereocenters. The van der Waals surface area contributed by atoms with E-state index in [1.54, 1.807) is 24.3 Å². The summed E-state index contributed by atoms with van der Waals surface area (Å²) in [6.45, 7) is 0. The fourth-order valence-corrected chi connectivity index (χ4v) is 2.93. The third kappa shape index (κ3) is 3.03. The Hall–Kier alpha value is -2.18. The van der Waals surface area contributed by atoms with Crippen molar-refractivity contribution < 1.29 is 8.42 Å². The number of nitrogens with zero attached hydrogens (tertiary/aromatic N) is 2. The van der Waals surface area contributed by atoms with Crippen LogP contribution in [0.5, 0.6) is 0 Å². The van der Waals surface area contributed by atoms with Crippen molar-refractivity contribution >= 4 is 43.8 Å². The predicted molar refractivity (Wildman–Crippen MR) is 87.4 cm³/mol. The van der Waals surface area contributed by atoms with E-state index < -0.39 is 9.84 Å². The van der Waals surface area contributed by atoms with Crippen LogP contribution < -0.4 is 5.32 Å². The van der Waals surface area contributed by atoms with Gasteiger partial charge in [0.15, 0.2) is 9.84 Å². The lowest BCUT2D eigenvalue weighted by Crippen LogP contribution is -2.00. The summed E-state index contributed by atoms with van der Waals surface area (Å²) in [6, 6.07) is 14.0. The first-order valence-electron chi connectivity index (χ1n) is 6.43. The van der Waals surface area contributed by atoms with Crippen molar-refractivity contribution in [2.24, 2.45) is 0 Å². The van der Waals surface area contributed by atoms with Crippen LogP contribution in [0.4, 0.5) is 11.5 Å². The van der Waals surface area contributed by atoms with Gasteiger partial charge in [-0.05, 0) is 41.9 Å². The van der Waals surface area contributed by atoms with Gasteiger partial charge in [0.1, 0.15) is 5.82 Å². The van der Waals surface area contributed by atoms with Crippen LogP contribution >= 0.6 is 11.6 Å². The summed E-state index contributed by atoms with van der Waals surface area (Å²) in [7, 11) is -3.27. The number of fused-ring (bicyclic) bond motifs is 1. The Morgan fingerprint density at radius 2 is 1.82 bits per heavy atom. The van der Waals surface area contributed by atoms with Crippen molar-refractivity contribution in [3.8, 4) is 0 Å². The Labute approximate surface area is 132 Å². The highest BCUT2D eigenvalue weighted by Crippen LogP contribution is 2.26. The zero-order valence-electron chi connectivity index (χ0n) is 11.6. The lowest BCUT2D eigenvalue weighted by molar-refractivity contribution is 0.602. The van der Waals surface area contributed by atoms with Crippen LogP contribution in [0.3, 0.4) is 0 Å². The molecule has 0 aliphatic rings. The monoisotopic (exact) mass is 333 g/mol. The molecule has 0 bridgehead atoms. The molecule has 0 spiro atoms. The summed E-state index contributed by atoms with van der Waals surface area (Å²) in [5, 5.41) is 4.03. The van der Waals surface area contributed by atoms with Gasteiger partial charge < -0.3 is 5.32 Å². The van der Waals surface area contributed by atoms with E-state index in [0.717, 1.165) is 5.39 Å². The molecule has 0 saturated heterocycles. The molecule has 0 amide bonds. The van der Waals surface area contributed by atoms with Crippen LogP contribution in [0.1, 0.15) is 0 Å². The molecule has 0 aliphatic carbocycles. The van der Waals surface area contributed by atoms with E-state index in [0.29, 0.717) is 17.0 Å². The minimum Gasteiger partial charge on any atom is -0.340 e.